The predicted molar refractivity (Wildman–Crippen MR) is 118 cm³/mol. The molecule has 0 radical (unpaired) electrons. The average Bonchev–Trinajstić information content (AvgIpc) is 3.05. The van der Waals surface area contributed by atoms with Crippen molar-refractivity contribution in [2.75, 3.05) is 7.11 Å². The quantitative estimate of drug-likeness (QED) is 0.376. The Hall–Kier alpha value is -3.86. The number of nitrogens with zero attached hydrogens (tertiary/aromatic N) is 1. The zero-order valence-electron chi connectivity index (χ0n) is 17.4. The van der Waals surface area contributed by atoms with Gasteiger partial charge in [-0.2, -0.15) is 0 Å². The molecule has 0 aromatic heterocycles. The molecule has 1 N–H and O–H groups in total. The first-order chi connectivity index (χ1) is 15.0. The second-order valence-electron chi connectivity index (χ2n) is 7.56. The van der Waals surface area contributed by atoms with E-state index >= 15 is 0 Å². The number of carbonyl (C=O) groups excluding carboxylic acids is 2. The summed E-state index contributed by atoms with van der Waals surface area (Å²) in [7, 11) is 1.56. The largest absolute Gasteiger partial charge is 0.507 e. The van der Waals surface area contributed by atoms with Gasteiger partial charge >= 0.3 is 0 Å². The summed E-state index contributed by atoms with van der Waals surface area (Å²) < 4.78 is 5.35. The molecule has 5 heteroatoms. The topological polar surface area (TPSA) is 66.8 Å². The van der Waals surface area contributed by atoms with Crippen molar-refractivity contribution in [3.8, 4) is 5.75 Å². The van der Waals surface area contributed by atoms with E-state index in [0.29, 0.717) is 16.9 Å². The summed E-state index contributed by atoms with van der Waals surface area (Å²) in [6.45, 7) is 2.19. The van der Waals surface area contributed by atoms with Gasteiger partial charge in [0.05, 0.1) is 18.7 Å². The van der Waals surface area contributed by atoms with Crippen molar-refractivity contribution in [2.45, 2.75) is 19.5 Å². The zero-order valence-corrected chi connectivity index (χ0v) is 17.4. The van der Waals surface area contributed by atoms with Crippen LogP contribution in [0.25, 0.3) is 5.76 Å². The van der Waals surface area contributed by atoms with Gasteiger partial charge in [-0.3, -0.25) is 9.59 Å². The van der Waals surface area contributed by atoms with Crippen molar-refractivity contribution in [3.05, 3.63) is 107 Å². The SMILES string of the molecule is COc1cccc(C2/C(=C(\O)c3ccc(C)cc3)C(=O)C(=O)N2Cc2ccccc2)c1. The van der Waals surface area contributed by atoms with E-state index in [0.717, 1.165) is 11.1 Å². The third-order valence-corrected chi connectivity index (χ3v) is 5.47. The van der Waals surface area contributed by atoms with Gasteiger partial charge in [0.25, 0.3) is 11.7 Å². The highest BCUT2D eigenvalue weighted by Gasteiger charge is 2.46. The number of rotatable bonds is 5. The Morgan fingerprint density at radius 2 is 1.68 bits per heavy atom. The smallest absolute Gasteiger partial charge is 0.295 e. The molecular formula is C26H23NO4. The number of Topliss-reactive ketones (excluding diaryl/α,β-unsaturated/α-hetero) is 1. The summed E-state index contributed by atoms with van der Waals surface area (Å²) in [5.74, 6) is -0.896. The lowest BCUT2D eigenvalue weighted by Gasteiger charge is -2.25. The summed E-state index contributed by atoms with van der Waals surface area (Å²) >= 11 is 0. The normalized spacial score (nSPS) is 17.7. The van der Waals surface area contributed by atoms with E-state index in [-0.39, 0.29) is 17.9 Å². The molecule has 5 nitrogen and oxygen atoms in total. The van der Waals surface area contributed by atoms with Gasteiger partial charge in [-0.05, 0) is 30.2 Å². The summed E-state index contributed by atoms with van der Waals surface area (Å²) in [6.07, 6.45) is 0. The summed E-state index contributed by atoms with van der Waals surface area (Å²) in [5.41, 5.74) is 3.20. The molecule has 4 rings (SSSR count). The Morgan fingerprint density at radius 3 is 2.35 bits per heavy atom. The summed E-state index contributed by atoms with van der Waals surface area (Å²) in [5, 5.41) is 11.1. The molecule has 31 heavy (non-hydrogen) atoms. The minimum atomic E-state index is -0.725. The van der Waals surface area contributed by atoms with Gasteiger partial charge in [0, 0.05) is 12.1 Å². The highest BCUT2D eigenvalue weighted by molar-refractivity contribution is 6.46. The number of aliphatic hydroxyl groups excluding tert-OH is 1. The minimum absolute atomic E-state index is 0.0815. The van der Waals surface area contributed by atoms with Crippen LogP contribution in [0.15, 0.2) is 84.4 Å². The van der Waals surface area contributed by atoms with E-state index < -0.39 is 17.7 Å². The van der Waals surface area contributed by atoms with Crippen molar-refractivity contribution < 1.29 is 19.4 Å². The summed E-state index contributed by atoms with van der Waals surface area (Å²) in [6, 6.07) is 23.2. The molecule has 3 aromatic rings. The molecule has 1 amide bonds. The van der Waals surface area contributed by atoms with Crippen LogP contribution in [0.2, 0.25) is 0 Å². The van der Waals surface area contributed by atoms with Crippen molar-refractivity contribution >= 4 is 17.4 Å². The number of aliphatic hydroxyl groups is 1. The molecule has 1 atom stereocenters. The average molecular weight is 413 g/mol. The Bertz CT molecular complexity index is 1150. The van der Waals surface area contributed by atoms with Crippen molar-refractivity contribution in [1.82, 2.24) is 4.90 Å². The third-order valence-electron chi connectivity index (χ3n) is 5.47. The summed E-state index contributed by atoms with van der Waals surface area (Å²) in [4.78, 5) is 27.6. The van der Waals surface area contributed by atoms with Crippen molar-refractivity contribution in [3.63, 3.8) is 0 Å². The van der Waals surface area contributed by atoms with Crippen LogP contribution < -0.4 is 4.74 Å². The molecule has 0 spiro atoms. The third kappa shape index (κ3) is 3.94. The maximum absolute atomic E-state index is 13.1. The van der Waals surface area contributed by atoms with Crippen molar-refractivity contribution in [2.24, 2.45) is 0 Å². The monoisotopic (exact) mass is 413 g/mol. The van der Waals surface area contributed by atoms with Crippen LogP contribution in [-0.4, -0.2) is 28.8 Å². The van der Waals surface area contributed by atoms with E-state index in [4.69, 9.17) is 4.74 Å². The van der Waals surface area contributed by atoms with Gasteiger partial charge < -0.3 is 14.7 Å². The van der Waals surface area contributed by atoms with Gasteiger partial charge in [0.2, 0.25) is 0 Å². The molecule has 156 valence electrons. The molecule has 3 aromatic carbocycles. The van der Waals surface area contributed by atoms with Crippen LogP contribution in [0.1, 0.15) is 28.3 Å². The lowest BCUT2D eigenvalue weighted by atomic mass is 9.94. The van der Waals surface area contributed by atoms with E-state index in [9.17, 15) is 14.7 Å². The fraction of sp³-hybridized carbons (Fsp3) is 0.154. The molecule has 1 aliphatic rings. The predicted octanol–water partition coefficient (Wildman–Crippen LogP) is 4.63. The fourth-order valence-electron chi connectivity index (χ4n) is 3.85. The molecule has 0 bridgehead atoms. The van der Waals surface area contributed by atoms with Crippen LogP contribution in [0, 0.1) is 6.92 Å². The molecule has 1 heterocycles. The zero-order chi connectivity index (χ0) is 22.0. The number of amides is 1. The number of benzene rings is 3. The molecule has 1 saturated heterocycles. The van der Waals surface area contributed by atoms with E-state index in [2.05, 4.69) is 0 Å². The number of hydrogen-bond donors (Lipinski definition) is 1. The fourth-order valence-corrected chi connectivity index (χ4v) is 3.85. The van der Waals surface area contributed by atoms with Crippen LogP contribution in [0.3, 0.4) is 0 Å². The van der Waals surface area contributed by atoms with Crippen LogP contribution >= 0.6 is 0 Å². The maximum atomic E-state index is 13.1. The van der Waals surface area contributed by atoms with Gasteiger partial charge in [0.15, 0.2) is 0 Å². The highest BCUT2D eigenvalue weighted by Crippen LogP contribution is 2.41. The van der Waals surface area contributed by atoms with Crippen LogP contribution in [0.4, 0.5) is 0 Å². The lowest BCUT2D eigenvalue weighted by Crippen LogP contribution is -2.29. The van der Waals surface area contributed by atoms with E-state index in [1.54, 1.807) is 31.4 Å². The van der Waals surface area contributed by atoms with Gasteiger partial charge in [-0.1, -0.05) is 72.3 Å². The van der Waals surface area contributed by atoms with Crippen LogP contribution in [0.5, 0.6) is 5.75 Å². The number of aryl methyl sites for hydroxylation is 1. The second-order valence-corrected chi connectivity index (χ2v) is 7.56. The number of ether oxygens (including phenoxy) is 1. The number of likely N-dealkylation sites (tertiary alicyclic amines) is 1. The number of carbonyl (C=O) groups is 2. The Morgan fingerprint density at radius 1 is 0.968 bits per heavy atom. The first kappa shape index (κ1) is 20.4. The highest BCUT2D eigenvalue weighted by atomic mass is 16.5. The Balaban J connectivity index is 1.87. The van der Waals surface area contributed by atoms with E-state index in [1.165, 1.54) is 4.90 Å². The first-order valence-corrected chi connectivity index (χ1v) is 10.0. The molecular weight excluding hydrogens is 390 g/mol. The minimum Gasteiger partial charge on any atom is -0.507 e. The molecule has 0 saturated carbocycles. The first-order valence-electron chi connectivity index (χ1n) is 10.0. The lowest BCUT2D eigenvalue weighted by molar-refractivity contribution is -0.140. The van der Waals surface area contributed by atoms with E-state index in [1.807, 2.05) is 61.5 Å². The Kier molecular flexibility index (Phi) is 5.58. The molecule has 1 fully saturated rings. The maximum Gasteiger partial charge on any atom is 0.295 e. The van der Waals surface area contributed by atoms with Crippen molar-refractivity contribution in [1.29, 1.82) is 0 Å². The van der Waals surface area contributed by atoms with Gasteiger partial charge in [0.1, 0.15) is 11.5 Å². The number of methoxy groups -OCH3 is 1. The van der Waals surface area contributed by atoms with Gasteiger partial charge in [-0.25, -0.2) is 0 Å². The molecule has 1 aliphatic heterocycles. The molecule has 1 unspecified atom stereocenters. The Labute approximate surface area is 181 Å². The molecule has 0 aliphatic carbocycles. The standard InChI is InChI=1S/C26H23NO4/c1-17-11-13-19(14-12-17)24(28)22-23(20-9-6-10-21(15-20)31-2)27(26(30)25(22)29)16-18-7-4-3-5-8-18/h3-15,23,28H,16H2,1-2H3/b24-22+. The van der Waals surface area contributed by atoms with Crippen LogP contribution in [-0.2, 0) is 16.1 Å². The number of hydrogen-bond acceptors (Lipinski definition) is 4. The van der Waals surface area contributed by atoms with Gasteiger partial charge in [-0.15, -0.1) is 0 Å². The number of ketones is 1. The second kappa shape index (κ2) is 8.48.